The highest BCUT2D eigenvalue weighted by molar-refractivity contribution is 14.1. The molecule has 0 saturated carbocycles. The number of hydrogen-bond acceptors (Lipinski definition) is 2. The van der Waals surface area contributed by atoms with Crippen molar-refractivity contribution in [2.45, 2.75) is 49.7 Å². The molecule has 0 spiro atoms. The number of para-hydroxylation sites is 2. The molecule has 0 N–H and O–H groups in total. The van der Waals surface area contributed by atoms with E-state index >= 15 is 0 Å². The number of rotatable bonds is 10. The Hall–Kier alpha value is -11.2. The summed E-state index contributed by atoms with van der Waals surface area (Å²) in [7, 11) is -0.405. The first-order chi connectivity index (χ1) is 54.8. The quantitative estimate of drug-likeness (QED) is 0.101. The molecule has 112 heavy (non-hydrogen) atoms. The normalized spacial score (nSPS) is 14.4. The Morgan fingerprint density at radius 1 is 0.268 bits per heavy atom. The highest BCUT2D eigenvalue weighted by atomic mass is 127. The molecule has 3 aliphatic rings. The third kappa shape index (κ3) is 11.9. The summed E-state index contributed by atoms with van der Waals surface area (Å²) in [6, 6.07) is 142. The van der Waals surface area contributed by atoms with Gasteiger partial charge in [0.15, 0.2) is 0 Å². The van der Waals surface area contributed by atoms with Gasteiger partial charge in [-0.25, -0.2) is 0 Å². The third-order valence-corrected chi connectivity index (χ3v) is 26.8. The van der Waals surface area contributed by atoms with Gasteiger partial charge in [0.1, 0.15) is 0 Å². The molecular formula is C104H76BBr2IN2O2. The zero-order chi connectivity index (χ0) is 75.9. The van der Waals surface area contributed by atoms with E-state index in [9.17, 15) is 0 Å². The monoisotopic (exact) mass is 1680 g/mol. The summed E-state index contributed by atoms with van der Waals surface area (Å²) >= 11 is 9.42. The van der Waals surface area contributed by atoms with E-state index in [0.717, 1.165) is 32.4 Å². The Kier molecular flexibility index (Phi) is 18.3. The maximum atomic E-state index is 6.41. The molecule has 538 valence electrons. The van der Waals surface area contributed by atoms with Gasteiger partial charge in [0.05, 0.1) is 44.1 Å². The number of benzene rings is 16. The lowest BCUT2D eigenvalue weighted by atomic mass is 9.68. The van der Waals surface area contributed by atoms with Crippen molar-refractivity contribution < 1.29 is 9.31 Å². The second-order valence-electron chi connectivity index (χ2n) is 30.4. The largest absolute Gasteiger partial charge is 0.494 e. The molecule has 2 aliphatic carbocycles. The fourth-order valence-electron chi connectivity index (χ4n) is 17.9. The first kappa shape index (κ1) is 71.1. The predicted octanol–water partition coefficient (Wildman–Crippen LogP) is 27.4. The van der Waals surface area contributed by atoms with Gasteiger partial charge in [-0.15, -0.1) is 0 Å². The van der Waals surface area contributed by atoms with Crippen molar-refractivity contribution in [3.05, 3.63) is 445 Å². The summed E-state index contributed by atoms with van der Waals surface area (Å²) in [5, 5.41) is 4.96. The molecule has 0 unspecified atom stereocenters. The Morgan fingerprint density at radius 2 is 0.625 bits per heavy atom. The van der Waals surface area contributed by atoms with Crippen LogP contribution in [0.2, 0.25) is 0 Å². The molecule has 18 aromatic rings. The maximum absolute atomic E-state index is 6.41. The van der Waals surface area contributed by atoms with Crippen LogP contribution in [0.25, 0.3) is 111 Å². The Morgan fingerprint density at radius 3 is 1.07 bits per heavy atom. The van der Waals surface area contributed by atoms with Crippen molar-refractivity contribution in [2.75, 3.05) is 0 Å². The number of halogens is 3. The van der Waals surface area contributed by atoms with Gasteiger partial charge in [-0.05, 0) is 257 Å². The van der Waals surface area contributed by atoms with Crippen LogP contribution in [-0.2, 0) is 20.1 Å². The standard InChI is InChI=1S/C49H40BNO2.C49H32BrN.C6H4BrI/c1-47(2)48(3,4)53-50(52-47)37-21-15-16-33(30-37)34-26-29-46-42(31-34)40-23-12-14-25-45(40)51(46)38-27-28-44-41(32-38)39-22-11-13-24-43(39)49(44,35-17-7-5-8-18-35)36-19-9-6-10-20-36;50-46-24-11-8-20-39(46)35-15-13-14-33(30-35)34-26-29-48-43(31-34)41-22-9-12-25-47(41)51(48)38-27-28-45-42(32-38)40-21-7-10-23-44(40)49(45,36-16-3-1-4-17-36)37-18-5-2-6-19-37;7-5-3-1-2-4-6(5)8/h5-32H,1-4H3;1-32H;1-4H. The van der Waals surface area contributed by atoms with Gasteiger partial charge < -0.3 is 18.4 Å². The lowest BCUT2D eigenvalue weighted by Crippen LogP contribution is -2.41. The van der Waals surface area contributed by atoms with Crippen molar-refractivity contribution in [1.82, 2.24) is 9.13 Å². The minimum Gasteiger partial charge on any atom is -0.399 e. The Bertz CT molecular complexity index is 6530. The van der Waals surface area contributed by atoms with Gasteiger partial charge in [0.25, 0.3) is 0 Å². The summed E-state index contributed by atoms with van der Waals surface area (Å²) in [4.78, 5) is 0. The van der Waals surface area contributed by atoms with Crippen molar-refractivity contribution >= 4 is 111 Å². The van der Waals surface area contributed by atoms with E-state index in [1.807, 2.05) is 18.2 Å². The van der Waals surface area contributed by atoms with Crippen LogP contribution in [-0.4, -0.2) is 27.5 Å². The van der Waals surface area contributed by atoms with Crippen molar-refractivity contribution in [2.24, 2.45) is 0 Å². The van der Waals surface area contributed by atoms with Gasteiger partial charge >= 0.3 is 7.12 Å². The third-order valence-electron chi connectivity index (χ3n) is 23.7. The molecule has 1 aliphatic heterocycles. The number of fused-ring (bicyclic) bond motifs is 12. The van der Waals surface area contributed by atoms with E-state index in [-0.39, 0.29) is 0 Å². The summed E-state index contributed by atoms with van der Waals surface area (Å²) in [6.07, 6.45) is 0. The highest BCUT2D eigenvalue weighted by Gasteiger charge is 2.52. The second-order valence-corrected chi connectivity index (χ2v) is 33.2. The number of aromatic nitrogens is 2. The zero-order valence-corrected chi connectivity index (χ0v) is 67.7. The zero-order valence-electron chi connectivity index (χ0n) is 62.4. The topological polar surface area (TPSA) is 28.3 Å². The van der Waals surface area contributed by atoms with Gasteiger partial charge in [0, 0.05) is 45.4 Å². The van der Waals surface area contributed by atoms with Gasteiger partial charge in [-0.2, -0.15) is 0 Å². The van der Waals surface area contributed by atoms with Crippen LogP contribution in [0.1, 0.15) is 72.2 Å². The minimum atomic E-state index is -0.419. The van der Waals surface area contributed by atoms with E-state index in [1.54, 1.807) is 0 Å². The second kappa shape index (κ2) is 28.8. The molecule has 0 amide bonds. The van der Waals surface area contributed by atoms with Crippen LogP contribution in [0.5, 0.6) is 0 Å². The molecule has 4 nitrogen and oxygen atoms in total. The molecule has 21 rings (SSSR count). The molecule has 16 aromatic carbocycles. The van der Waals surface area contributed by atoms with Crippen LogP contribution in [0, 0.1) is 3.57 Å². The van der Waals surface area contributed by atoms with Gasteiger partial charge in [-0.3, -0.25) is 0 Å². The molecule has 1 saturated heterocycles. The smallest absolute Gasteiger partial charge is 0.399 e. The van der Waals surface area contributed by atoms with Crippen LogP contribution < -0.4 is 5.46 Å². The van der Waals surface area contributed by atoms with E-state index in [2.05, 4.69) is 461 Å². The van der Waals surface area contributed by atoms with Crippen LogP contribution >= 0.6 is 54.5 Å². The van der Waals surface area contributed by atoms with E-state index < -0.39 is 29.2 Å². The molecule has 1 fully saturated rings. The summed E-state index contributed by atoms with van der Waals surface area (Å²) in [6.45, 7) is 8.40. The highest BCUT2D eigenvalue weighted by Crippen LogP contribution is 2.59. The number of nitrogens with zero attached hydrogens (tertiary/aromatic N) is 2. The first-order valence-electron chi connectivity index (χ1n) is 38.3. The fraction of sp³-hybridized carbons (Fsp3) is 0.0769. The molecule has 0 bridgehead atoms. The number of hydrogen-bond donors (Lipinski definition) is 0. The summed E-state index contributed by atoms with van der Waals surface area (Å²) in [5.41, 5.74) is 29.1. The average molecular weight is 1680 g/mol. The van der Waals surface area contributed by atoms with Crippen molar-refractivity contribution in [3.8, 4) is 67.0 Å². The van der Waals surface area contributed by atoms with E-state index in [4.69, 9.17) is 9.31 Å². The van der Waals surface area contributed by atoms with E-state index in [1.165, 1.54) is 141 Å². The summed E-state index contributed by atoms with van der Waals surface area (Å²) < 4.78 is 21.2. The molecular weight excluding hydrogens is 1610 g/mol. The van der Waals surface area contributed by atoms with Crippen molar-refractivity contribution in [1.29, 1.82) is 0 Å². The lowest BCUT2D eigenvalue weighted by molar-refractivity contribution is 0.00578. The minimum absolute atomic E-state index is 0.390. The average Bonchev–Trinajstić information content (AvgIpc) is 1.54. The van der Waals surface area contributed by atoms with Crippen LogP contribution in [0.4, 0.5) is 0 Å². The van der Waals surface area contributed by atoms with Gasteiger partial charge in [-0.1, -0.05) is 319 Å². The first-order valence-corrected chi connectivity index (χ1v) is 40.9. The molecule has 0 atom stereocenters. The fourth-order valence-corrected chi connectivity index (χ4v) is 19.0. The van der Waals surface area contributed by atoms with Crippen LogP contribution in [0.3, 0.4) is 0 Å². The Balaban J connectivity index is 0.000000137. The molecule has 2 aromatic heterocycles. The van der Waals surface area contributed by atoms with E-state index in [0.29, 0.717) is 0 Å². The molecule has 3 heterocycles. The SMILES string of the molecule is Brc1ccccc1-c1cccc(-c2ccc3c(c2)c2ccccc2n3-c2ccc3c(c2)-c2ccccc2C3(c2ccccc2)c2ccccc2)c1.Brc1ccccc1I.CC1(C)OB(c2cccc(-c3ccc4c(c3)c3ccccc3n4-c3ccc4c(c3)-c3ccccc3C4(c3ccccc3)c3ccccc3)c2)OC1(C)C. The lowest BCUT2D eigenvalue weighted by Gasteiger charge is -2.33. The molecule has 0 radical (unpaired) electrons. The Labute approximate surface area is 685 Å². The van der Waals surface area contributed by atoms with Crippen molar-refractivity contribution in [3.63, 3.8) is 0 Å². The maximum Gasteiger partial charge on any atom is 0.494 e. The van der Waals surface area contributed by atoms with Crippen LogP contribution in [0.15, 0.2) is 397 Å². The summed E-state index contributed by atoms with van der Waals surface area (Å²) in [5.74, 6) is 0. The molecule has 8 heteroatoms. The predicted molar refractivity (Wildman–Crippen MR) is 483 cm³/mol. The van der Waals surface area contributed by atoms with Gasteiger partial charge in [0.2, 0.25) is 0 Å².